The Balaban J connectivity index is 1.70. The number of nitrogens with zero attached hydrogens (tertiary/aromatic N) is 5. The molecule has 3 heterocycles. The monoisotopic (exact) mass is 311 g/mol. The van der Waals surface area contributed by atoms with Gasteiger partial charge in [-0.05, 0) is 44.2 Å². The summed E-state index contributed by atoms with van der Waals surface area (Å²) in [7, 11) is 0. The summed E-state index contributed by atoms with van der Waals surface area (Å²) in [6.07, 6.45) is 4.77. The molecule has 2 aliphatic rings. The Labute approximate surface area is 130 Å². The van der Waals surface area contributed by atoms with Crippen molar-refractivity contribution in [3.05, 3.63) is 5.28 Å². The molecule has 2 saturated heterocycles. The zero-order chi connectivity index (χ0) is 14.7. The van der Waals surface area contributed by atoms with Crippen LogP contribution in [0, 0.1) is 0 Å². The molecule has 2 aliphatic heterocycles. The number of hydrogen-bond donors (Lipinski definition) is 0. The second-order valence-electron chi connectivity index (χ2n) is 5.54. The van der Waals surface area contributed by atoms with Crippen LogP contribution in [-0.4, -0.2) is 53.8 Å². The third-order valence-corrected chi connectivity index (χ3v) is 4.27. The zero-order valence-electron chi connectivity index (χ0n) is 12.5. The van der Waals surface area contributed by atoms with Gasteiger partial charge in [-0.1, -0.05) is 0 Å². The van der Waals surface area contributed by atoms with Gasteiger partial charge in [-0.3, -0.25) is 0 Å². The first-order valence-electron chi connectivity index (χ1n) is 7.79. The van der Waals surface area contributed by atoms with Crippen LogP contribution in [0.15, 0.2) is 0 Å². The smallest absolute Gasteiger partial charge is 0.231 e. The molecule has 0 saturated carbocycles. The molecule has 1 aromatic rings. The van der Waals surface area contributed by atoms with E-state index < -0.39 is 0 Å². The molecule has 0 radical (unpaired) electrons. The number of anilines is 2. The van der Waals surface area contributed by atoms with Gasteiger partial charge in [-0.2, -0.15) is 15.0 Å². The van der Waals surface area contributed by atoms with Crippen molar-refractivity contribution in [3.63, 3.8) is 0 Å². The molecule has 116 valence electrons. The Morgan fingerprint density at radius 2 is 1.57 bits per heavy atom. The standard InChI is InChI=1S/C14H22ClN5O/c1-2-21-11-5-9-20(10-6-11)14-17-12(15)16-13(18-14)19-7-3-4-8-19/h11H,2-10H2,1H3. The highest BCUT2D eigenvalue weighted by molar-refractivity contribution is 6.28. The van der Waals surface area contributed by atoms with Gasteiger partial charge >= 0.3 is 0 Å². The number of halogens is 1. The van der Waals surface area contributed by atoms with Gasteiger partial charge in [-0.15, -0.1) is 0 Å². The molecule has 0 bridgehead atoms. The van der Waals surface area contributed by atoms with Crippen LogP contribution in [-0.2, 0) is 4.74 Å². The molecule has 1 aromatic heterocycles. The average Bonchev–Trinajstić information content (AvgIpc) is 3.02. The van der Waals surface area contributed by atoms with Crippen molar-refractivity contribution in [2.45, 2.75) is 38.7 Å². The summed E-state index contributed by atoms with van der Waals surface area (Å²) in [6.45, 7) is 6.65. The highest BCUT2D eigenvalue weighted by atomic mass is 35.5. The molecular weight excluding hydrogens is 290 g/mol. The fourth-order valence-corrected chi connectivity index (χ4v) is 3.14. The van der Waals surface area contributed by atoms with Crippen LogP contribution in [0.25, 0.3) is 0 Å². The van der Waals surface area contributed by atoms with Crippen molar-refractivity contribution in [3.8, 4) is 0 Å². The van der Waals surface area contributed by atoms with Crippen LogP contribution in [0.5, 0.6) is 0 Å². The second-order valence-corrected chi connectivity index (χ2v) is 5.88. The van der Waals surface area contributed by atoms with Crippen LogP contribution >= 0.6 is 11.6 Å². The number of hydrogen-bond acceptors (Lipinski definition) is 6. The Hall–Kier alpha value is -1.14. The quantitative estimate of drug-likeness (QED) is 0.849. The van der Waals surface area contributed by atoms with E-state index in [9.17, 15) is 0 Å². The van der Waals surface area contributed by atoms with E-state index in [2.05, 4.69) is 24.8 Å². The predicted molar refractivity (Wildman–Crippen MR) is 83.1 cm³/mol. The lowest BCUT2D eigenvalue weighted by Gasteiger charge is -2.32. The highest BCUT2D eigenvalue weighted by Crippen LogP contribution is 2.23. The van der Waals surface area contributed by atoms with E-state index in [1.54, 1.807) is 0 Å². The normalized spacial score (nSPS) is 20.3. The van der Waals surface area contributed by atoms with Crippen LogP contribution < -0.4 is 9.80 Å². The lowest BCUT2D eigenvalue weighted by atomic mass is 10.1. The van der Waals surface area contributed by atoms with Crippen molar-refractivity contribution in [2.75, 3.05) is 42.6 Å². The summed E-state index contributed by atoms with van der Waals surface area (Å²) in [4.78, 5) is 17.6. The summed E-state index contributed by atoms with van der Waals surface area (Å²) in [5.41, 5.74) is 0. The summed E-state index contributed by atoms with van der Waals surface area (Å²) < 4.78 is 5.68. The van der Waals surface area contributed by atoms with Crippen LogP contribution in [0.2, 0.25) is 5.28 Å². The molecule has 6 nitrogen and oxygen atoms in total. The van der Waals surface area contributed by atoms with E-state index in [0.29, 0.717) is 12.1 Å². The fraction of sp³-hybridized carbons (Fsp3) is 0.786. The summed E-state index contributed by atoms with van der Waals surface area (Å²) in [6, 6.07) is 0. The molecule has 0 N–H and O–H groups in total. The lowest BCUT2D eigenvalue weighted by molar-refractivity contribution is 0.0457. The fourth-order valence-electron chi connectivity index (χ4n) is 2.99. The first kappa shape index (κ1) is 14.8. The van der Waals surface area contributed by atoms with Crippen molar-refractivity contribution in [1.29, 1.82) is 0 Å². The molecule has 0 spiro atoms. The molecule has 0 amide bonds. The number of ether oxygens (including phenoxy) is 1. The van der Waals surface area contributed by atoms with E-state index >= 15 is 0 Å². The maximum absolute atomic E-state index is 6.09. The van der Waals surface area contributed by atoms with Gasteiger partial charge in [0.25, 0.3) is 0 Å². The van der Waals surface area contributed by atoms with E-state index in [1.165, 1.54) is 12.8 Å². The Bertz CT molecular complexity index is 472. The van der Waals surface area contributed by atoms with Gasteiger partial charge in [0.2, 0.25) is 17.2 Å². The summed E-state index contributed by atoms with van der Waals surface area (Å²) in [5, 5.41) is 0.286. The summed E-state index contributed by atoms with van der Waals surface area (Å²) in [5.74, 6) is 1.42. The molecule has 0 unspecified atom stereocenters. The van der Waals surface area contributed by atoms with E-state index in [0.717, 1.165) is 51.6 Å². The average molecular weight is 312 g/mol. The minimum Gasteiger partial charge on any atom is -0.378 e. The zero-order valence-corrected chi connectivity index (χ0v) is 13.2. The van der Waals surface area contributed by atoms with Gasteiger partial charge in [0.1, 0.15) is 0 Å². The maximum Gasteiger partial charge on any atom is 0.231 e. The van der Waals surface area contributed by atoms with Crippen molar-refractivity contribution < 1.29 is 4.74 Å². The number of piperidine rings is 1. The Morgan fingerprint density at radius 3 is 2.14 bits per heavy atom. The van der Waals surface area contributed by atoms with Gasteiger partial charge < -0.3 is 14.5 Å². The van der Waals surface area contributed by atoms with Crippen molar-refractivity contribution >= 4 is 23.5 Å². The van der Waals surface area contributed by atoms with E-state index in [1.807, 2.05) is 6.92 Å². The summed E-state index contributed by atoms with van der Waals surface area (Å²) >= 11 is 6.09. The molecule has 0 atom stereocenters. The second kappa shape index (κ2) is 6.75. The van der Waals surface area contributed by atoms with Gasteiger partial charge in [0.15, 0.2) is 0 Å². The molecule has 2 fully saturated rings. The Morgan fingerprint density at radius 1 is 1.00 bits per heavy atom. The third kappa shape index (κ3) is 3.55. The highest BCUT2D eigenvalue weighted by Gasteiger charge is 2.23. The van der Waals surface area contributed by atoms with Crippen LogP contribution in [0.4, 0.5) is 11.9 Å². The van der Waals surface area contributed by atoms with Gasteiger partial charge in [0.05, 0.1) is 6.10 Å². The third-order valence-electron chi connectivity index (χ3n) is 4.10. The molecule has 0 aromatic carbocycles. The largest absolute Gasteiger partial charge is 0.378 e. The van der Waals surface area contributed by atoms with Crippen molar-refractivity contribution in [2.24, 2.45) is 0 Å². The predicted octanol–water partition coefficient (Wildman–Crippen LogP) is 2.13. The molecule has 3 rings (SSSR count). The van der Waals surface area contributed by atoms with Gasteiger partial charge in [0, 0.05) is 32.8 Å². The SMILES string of the molecule is CCOC1CCN(c2nc(Cl)nc(N3CCCC3)n2)CC1. The van der Waals surface area contributed by atoms with E-state index in [-0.39, 0.29) is 5.28 Å². The molecule has 0 aliphatic carbocycles. The minimum absolute atomic E-state index is 0.286. The minimum atomic E-state index is 0.286. The lowest BCUT2D eigenvalue weighted by Crippen LogP contribution is -2.38. The maximum atomic E-state index is 6.09. The van der Waals surface area contributed by atoms with E-state index in [4.69, 9.17) is 16.3 Å². The molecule has 21 heavy (non-hydrogen) atoms. The molecular formula is C14H22ClN5O. The number of rotatable bonds is 4. The first-order chi connectivity index (χ1) is 10.3. The number of aromatic nitrogens is 3. The van der Waals surface area contributed by atoms with Gasteiger partial charge in [-0.25, -0.2) is 0 Å². The van der Waals surface area contributed by atoms with Crippen molar-refractivity contribution in [1.82, 2.24) is 15.0 Å². The first-order valence-corrected chi connectivity index (χ1v) is 8.17. The molecule has 7 heteroatoms. The van der Waals surface area contributed by atoms with Crippen LogP contribution in [0.3, 0.4) is 0 Å². The topological polar surface area (TPSA) is 54.4 Å². The Kier molecular flexibility index (Phi) is 4.75. The van der Waals surface area contributed by atoms with Crippen LogP contribution in [0.1, 0.15) is 32.6 Å².